The van der Waals surface area contributed by atoms with Crippen molar-refractivity contribution in [2.75, 3.05) is 13.2 Å². The van der Waals surface area contributed by atoms with Crippen LogP contribution in [0, 0.1) is 5.92 Å². The van der Waals surface area contributed by atoms with Gasteiger partial charge in [-0.15, -0.1) is 0 Å². The van der Waals surface area contributed by atoms with Gasteiger partial charge in [0.15, 0.2) is 11.5 Å². The first-order valence-electron chi connectivity index (χ1n) is 8.43. The third-order valence-corrected chi connectivity index (χ3v) is 3.66. The van der Waals surface area contributed by atoms with E-state index < -0.39 is 12.0 Å². The molecule has 0 saturated carbocycles. The quantitative estimate of drug-likeness (QED) is 0.623. The lowest BCUT2D eigenvalue weighted by molar-refractivity contribution is -0.140. The number of benzene rings is 1. The summed E-state index contributed by atoms with van der Waals surface area (Å²) in [6.45, 7) is 9.38. The summed E-state index contributed by atoms with van der Waals surface area (Å²) in [5.41, 5.74) is 0.863. The number of hydrogen-bond donors (Lipinski definition) is 2. The van der Waals surface area contributed by atoms with Gasteiger partial charge in [-0.25, -0.2) is 0 Å². The van der Waals surface area contributed by atoms with E-state index in [-0.39, 0.29) is 0 Å². The van der Waals surface area contributed by atoms with E-state index in [4.69, 9.17) is 21.1 Å². The van der Waals surface area contributed by atoms with Gasteiger partial charge in [0.25, 0.3) is 0 Å². The summed E-state index contributed by atoms with van der Waals surface area (Å²) in [5, 5.41) is 12.8. The Morgan fingerprint density at radius 3 is 2.54 bits per heavy atom. The van der Waals surface area contributed by atoms with Crippen LogP contribution in [-0.4, -0.2) is 30.3 Å². The largest absolute Gasteiger partial charge is 0.490 e. The minimum Gasteiger partial charge on any atom is -0.490 e. The van der Waals surface area contributed by atoms with Crippen LogP contribution >= 0.6 is 11.6 Å². The highest BCUT2D eigenvalue weighted by atomic mass is 35.5. The van der Waals surface area contributed by atoms with Crippen molar-refractivity contribution in [1.29, 1.82) is 0 Å². The Morgan fingerprint density at radius 2 is 2.00 bits per heavy atom. The number of ether oxygens (including phenoxy) is 2. The Morgan fingerprint density at radius 1 is 1.29 bits per heavy atom. The highest BCUT2D eigenvalue weighted by molar-refractivity contribution is 6.32. The molecule has 0 saturated heterocycles. The highest BCUT2D eigenvalue weighted by Gasteiger charge is 2.19. The van der Waals surface area contributed by atoms with Crippen molar-refractivity contribution < 1.29 is 19.4 Å². The van der Waals surface area contributed by atoms with E-state index in [0.717, 1.165) is 12.0 Å². The fourth-order valence-corrected chi connectivity index (χ4v) is 2.60. The van der Waals surface area contributed by atoms with Crippen molar-refractivity contribution in [3.63, 3.8) is 0 Å². The number of halogens is 1. The van der Waals surface area contributed by atoms with Gasteiger partial charge in [-0.05, 0) is 43.4 Å². The van der Waals surface area contributed by atoms with Crippen LogP contribution in [0.25, 0.3) is 0 Å². The topological polar surface area (TPSA) is 67.8 Å². The van der Waals surface area contributed by atoms with Gasteiger partial charge in [0.1, 0.15) is 6.04 Å². The highest BCUT2D eigenvalue weighted by Crippen LogP contribution is 2.36. The Hall–Kier alpha value is -1.46. The number of carboxylic acids is 1. The van der Waals surface area contributed by atoms with Gasteiger partial charge in [0, 0.05) is 6.54 Å². The molecule has 0 aliphatic heterocycles. The predicted octanol–water partition coefficient (Wildman–Crippen LogP) is 4.12. The molecule has 0 bridgehead atoms. The maximum Gasteiger partial charge on any atom is 0.320 e. The number of carboxylic acid groups (broad SMARTS) is 1. The standard InChI is InChI=1S/C18H28ClNO4/c1-5-7-24-17-14(19)9-13(10-16(17)23-6-2)11-20-15(18(21)22)8-12(3)4/h9-10,12,15,20H,5-8,11H2,1-4H3,(H,21,22). The average molecular weight is 358 g/mol. The fourth-order valence-electron chi connectivity index (χ4n) is 2.31. The Labute approximate surface area is 149 Å². The van der Waals surface area contributed by atoms with Crippen LogP contribution in [0.3, 0.4) is 0 Å². The molecule has 0 fully saturated rings. The molecule has 1 rings (SSSR count). The number of rotatable bonds is 11. The molecule has 2 N–H and O–H groups in total. The maximum atomic E-state index is 11.3. The van der Waals surface area contributed by atoms with Crippen molar-refractivity contribution in [2.24, 2.45) is 5.92 Å². The molecule has 0 aromatic heterocycles. The molecule has 1 aromatic rings. The van der Waals surface area contributed by atoms with E-state index in [0.29, 0.717) is 48.6 Å². The third kappa shape index (κ3) is 6.57. The van der Waals surface area contributed by atoms with Crippen LogP contribution in [0.15, 0.2) is 12.1 Å². The molecule has 1 atom stereocenters. The molecule has 0 spiro atoms. The zero-order valence-electron chi connectivity index (χ0n) is 14.9. The summed E-state index contributed by atoms with van der Waals surface area (Å²) in [7, 11) is 0. The molecule has 1 unspecified atom stereocenters. The number of hydrogen-bond acceptors (Lipinski definition) is 4. The van der Waals surface area contributed by atoms with E-state index in [1.165, 1.54) is 0 Å². The summed E-state index contributed by atoms with van der Waals surface area (Å²) in [4.78, 5) is 11.3. The lowest BCUT2D eigenvalue weighted by Crippen LogP contribution is -2.37. The second kappa shape index (κ2) is 10.4. The molecule has 0 radical (unpaired) electrons. The lowest BCUT2D eigenvalue weighted by Gasteiger charge is -2.18. The van der Waals surface area contributed by atoms with Crippen LogP contribution in [0.5, 0.6) is 11.5 Å². The van der Waals surface area contributed by atoms with E-state index >= 15 is 0 Å². The van der Waals surface area contributed by atoms with Gasteiger partial charge >= 0.3 is 5.97 Å². The minimum atomic E-state index is -0.845. The van der Waals surface area contributed by atoms with Crippen LogP contribution < -0.4 is 14.8 Å². The molecule has 0 aliphatic rings. The first-order valence-corrected chi connectivity index (χ1v) is 8.80. The summed E-state index contributed by atoms with van der Waals surface area (Å²) in [5.74, 6) is 0.584. The van der Waals surface area contributed by atoms with Gasteiger partial charge in [-0.3, -0.25) is 4.79 Å². The monoisotopic (exact) mass is 357 g/mol. The molecule has 0 amide bonds. The number of nitrogens with one attached hydrogen (secondary N) is 1. The van der Waals surface area contributed by atoms with Crippen LogP contribution in [0.4, 0.5) is 0 Å². The zero-order chi connectivity index (χ0) is 18.1. The van der Waals surface area contributed by atoms with Crippen molar-refractivity contribution in [2.45, 2.75) is 53.1 Å². The summed E-state index contributed by atoms with van der Waals surface area (Å²) in [6.07, 6.45) is 1.44. The van der Waals surface area contributed by atoms with Gasteiger partial charge in [0.2, 0.25) is 0 Å². The fraction of sp³-hybridized carbons (Fsp3) is 0.611. The molecular weight excluding hydrogens is 330 g/mol. The average Bonchev–Trinajstić information content (AvgIpc) is 2.50. The molecule has 6 heteroatoms. The smallest absolute Gasteiger partial charge is 0.320 e. The van der Waals surface area contributed by atoms with E-state index in [1.807, 2.05) is 33.8 Å². The van der Waals surface area contributed by atoms with Crippen molar-refractivity contribution in [3.05, 3.63) is 22.7 Å². The van der Waals surface area contributed by atoms with Crippen molar-refractivity contribution in [3.8, 4) is 11.5 Å². The van der Waals surface area contributed by atoms with Crippen LogP contribution in [0.2, 0.25) is 5.02 Å². The van der Waals surface area contributed by atoms with Crippen LogP contribution in [-0.2, 0) is 11.3 Å². The molecular formula is C18H28ClNO4. The molecule has 0 heterocycles. The first kappa shape index (κ1) is 20.6. The van der Waals surface area contributed by atoms with E-state index in [9.17, 15) is 9.90 Å². The second-order valence-corrected chi connectivity index (χ2v) is 6.49. The minimum absolute atomic E-state index is 0.297. The Balaban J connectivity index is 2.89. The molecule has 0 aliphatic carbocycles. The summed E-state index contributed by atoms with van der Waals surface area (Å²) >= 11 is 6.32. The predicted molar refractivity (Wildman–Crippen MR) is 96.1 cm³/mol. The van der Waals surface area contributed by atoms with Gasteiger partial charge in [-0.1, -0.05) is 32.4 Å². The van der Waals surface area contributed by atoms with Gasteiger partial charge < -0.3 is 19.9 Å². The lowest BCUT2D eigenvalue weighted by atomic mass is 10.0. The summed E-state index contributed by atoms with van der Waals surface area (Å²) < 4.78 is 11.3. The number of aliphatic carboxylic acids is 1. The van der Waals surface area contributed by atoms with Crippen molar-refractivity contribution in [1.82, 2.24) is 5.32 Å². The molecule has 5 nitrogen and oxygen atoms in total. The first-order chi connectivity index (χ1) is 11.4. The summed E-state index contributed by atoms with van der Waals surface area (Å²) in [6, 6.07) is 3.05. The Kier molecular flexibility index (Phi) is 8.93. The van der Waals surface area contributed by atoms with Gasteiger partial charge in [-0.2, -0.15) is 0 Å². The zero-order valence-corrected chi connectivity index (χ0v) is 15.7. The Bertz CT molecular complexity index is 534. The van der Waals surface area contributed by atoms with Gasteiger partial charge in [0.05, 0.1) is 18.2 Å². The third-order valence-electron chi connectivity index (χ3n) is 3.38. The molecule has 24 heavy (non-hydrogen) atoms. The molecule has 1 aromatic carbocycles. The normalized spacial score (nSPS) is 12.2. The van der Waals surface area contributed by atoms with Crippen molar-refractivity contribution >= 4 is 17.6 Å². The molecule has 136 valence electrons. The maximum absolute atomic E-state index is 11.3. The SMILES string of the molecule is CCCOc1c(Cl)cc(CNC(CC(C)C)C(=O)O)cc1OCC. The van der Waals surface area contributed by atoms with E-state index in [1.54, 1.807) is 6.07 Å². The van der Waals surface area contributed by atoms with Crippen LogP contribution in [0.1, 0.15) is 46.1 Å². The van der Waals surface area contributed by atoms with E-state index in [2.05, 4.69) is 5.32 Å². The number of carbonyl (C=O) groups is 1. The second-order valence-electron chi connectivity index (χ2n) is 6.09.